The van der Waals surface area contributed by atoms with Crippen LogP contribution < -0.4 is 10.2 Å². The molecule has 0 aliphatic carbocycles. The van der Waals surface area contributed by atoms with E-state index < -0.39 is 5.91 Å². The van der Waals surface area contributed by atoms with Gasteiger partial charge in [0.15, 0.2) is 5.69 Å². The lowest BCUT2D eigenvalue weighted by molar-refractivity contribution is -0.141. The van der Waals surface area contributed by atoms with Gasteiger partial charge in [0.2, 0.25) is 5.95 Å². The second-order valence-corrected chi connectivity index (χ2v) is 5.62. The molecule has 8 heteroatoms. The maximum Gasteiger partial charge on any atom is 0.307 e. The molecule has 120 valence electrons. The van der Waals surface area contributed by atoms with Crippen molar-refractivity contribution in [3.63, 3.8) is 0 Å². The molecule has 2 rings (SSSR count). The van der Waals surface area contributed by atoms with Gasteiger partial charge >= 0.3 is 5.97 Å². The van der Waals surface area contributed by atoms with Gasteiger partial charge in [0.25, 0.3) is 5.91 Å². The summed E-state index contributed by atoms with van der Waals surface area (Å²) in [7, 11) is 1.31. The Balaban J connectivity index is 2.08. The third-order valence-electron chi connectivity index (χ3n) is 3.41. The Hall–Kier alpha value is -1.89. The molecule has 1 aromatic rings. The van der Waals surface area contributed by atoms with Crippen LogP contribution in [0.15, 0.2) is 6.20 Å². The maximum absolute atomic E-state index is 12.3. The topological polar surface area (TPSA) is 84.4 Å². The van der Waals surface area contributed by atoms with Crippen molar-refractivity contribution < 1.29 is 14.3 Å². The molecular weight excluding hydrogens is 308 g/mol. The number of hydrogen-bond donors (Lipinski definition) is 1. The number of methoxy groups -OCH3 is 1. The van der Waals surface area contributed by atoms with E-state index in [1.54, 1.807) is 6.92 Å². The van der Waals surface area contributed by atoms with Gasteiger partial charge in [0.05, 0.1) is 24.8 Å². The Labute approximate surface area is 134 Å². The van der Waals surface area contributed by atoms with Crippen LogP contribution in [-0.4, -0.2) is 48.1 Å². The predicted octanol–water partition coefficient (Wildman–Crippen LogP) is 1.41. The number of rotatable bonds is 5. The molecule has 0 spiro atoms. The van der Waals surface area contributed by atoms with Crippen LogP contribution in [0.3, 0.4) is 0 Å². The van der Waals surface area contributed by atoms with Crippen LogP contribution >= 0.6 is 11.6 Å². The number of nitrogens with one attached hydrogen (secondary N) is 1. The Morgan fingerprint density at radius 1 is 1.45 bits per heavy atom. The lowest BCUT2D eigenvalue weighted by Gasteiger charge is -2.17. The highest BCUT2D eigenvalue weighted by Crippen LogP contribution is 2.19. The van der Waals surface area contributed by atoms with E-state index in [1.807, 2.05) is 4.90 Å². The summed E-state index contributed by atoms with van der Waals surface area (Å²) in [5.74, 6) is -0.309. The second-order valence-electron chi connectivity index (χ2n) is 5.22. The minimum Gasteiger partial charge on any atom is -0.469 e. The van der Waals surface area contributed by atoms with Gasteiger partial charge in [-0.1, -0.05) is 11.6 Å². The fourth-order valence-electron chi connectivity index (χ4n) is 2.26. The first kappa shape index (κ1) is 16.5. The second kappa shape index (κ2) is 7.40. The fraction of sp³-hybridized carbons (Fsp3) is 0.571. The lowest BCUT2D eigenvalue weighted by Crippen LogP contribution is -2.35. The number of nitrogens with zero attached hydrogens (tertiary/aromatic N) is 3. The Bertz CT molecular complexity index is 561. The maximum atomic E-state index is 12.3. The molecule has 0 aromatic carbocycles. The third-order valence-corrected chi connectivity index (χ3v) is 3.69. The van der Waals surface area contributed by atoms with Crippen LogP contribution in [0.5, 0.6) is 0 Å². The van der Waals surface area contributed by atoms with Crippen LogP contribution in [0.2, 0.25) is 5.02 Å². The summed E-state index contributed by atoms with van der Waals surface area (Å²) in [6, 6.07) is -0.374. The monoisotopic (exact) mass is 326 g/mol. The summed E-state index contributed by atoms with van der Waals surface area (Å²) < 4.78 is 4.57. The van der Waals surface area contributed by atoms with Gasteiger partial charge in [-0.05, 0) is 19.8 Å². The summed E-state index contributed by atoms with van der Waals surface area (Å²) in [5.41, 5.74) is 0.121. The molecule has 0 saturated carbocycles. The molecule has 1 aromatic heterocycles. The largest absolute Gasteiger partial charge is 0.469 e. The zero-order valence-corrected chi connectivity index (χ0v) is 13.4. The van der Waals surface area contributed by atoms with E-state index in [4.69, 9.17) is 11.6 Å². The molecule has 1 atom stereocenters. The van der Waals surface area contributed by atoms with Crippen LogP contribution in [0.25, 0.3) is 0 Å². The summed E-state index contributed by atoms with van der Waals surface area (Å²) in [5, 5.41) is 2.87. The van der Waals surface area contributed by atoms with Crippen molar-refractivity contribution in [3.05, 3.63) is 16.9 Å². The van der Waals surface area contributed by atoms with Crippen LogP contribution in [0.4, 0.5) is 5.95 Å². The molecule has 22 heavy (non-hydrogen) atoms. The van der Waals surface area contributed by atoms with E-state index in [0.717, 1.165) is 25.9 Å². The van der Waals surface area contributed by atoms with Crippen molar-refractivity contribution in [1.82, 2.24) is 15.3 Å². The molecule has 1 fully saturated rings. The molecule has 1 aliphatic rings. The van der Waals surface area contributed by atoms with Crippen molar-refractivity contribution in [3.8, 4) is 0 Å². The minimum atomic E-state index is -0.427. The van der Waals surface area contributed by atoms with E-state index in [-0.39, 0.29) is 29.1 Å². The molecule has 1 amide bonds. The van der Waals surface area contributed by atoms with E-state index >= 15 is 0 Å². The molecule has 0 radical (unpaired) electrons. The summed E-state index contributed by atoms with van der Waals surface area (Å²) in [6.45, 7) is 3.47. The predicted molar refractivity (Wildman–Crippen MR) is 82.1 cm³/mol. The van der Waals surface area contributed by atoms with Crippen molar-refractivity contribution in [1.29, 1.82) is 0 Å². The molecule has 1 N–H and O–H groups in total. The summed E-state index contributed by atoms with van der Waals surface area (Å²) in [6.07, 6.45) is 3.69. The zero-order valence-electron chi connectivity index (χ0n) is 12.6. The zero-order chi connectivity index (χ0) is 16.1. The number of halogens is 1. The molecule has 2 heterocycles. The molecule has 0 unspecified atom stereocenters. The Kier molecular flexibility index (Phi) is 5.54. The molecule has 1 aliphatic heterocycles. The summed E-state index contributed by atoms with van der Waals surface area (Å²) in [4.78, 5) is 33.9. The highest BCUT2D eigenvalue weighted by Gasteiger charge is 2.21. The third kappa shape index (κ3) is 4.07. The Morgan fingerprint density at radius 2 is 2.14 bits per heavy atom. The number of carbonyl (C=O) groups excluding carboxylic acids is 2. The highest BCUT2D eigenvalue weighted by molar-refractivity contribution is 6.33. The lowest BCUT2D eigenvalue weighted by atomic mass is 10.2. The van der Waals surface area contributed by atoms with Gasteiger partial charge in [-0.3, -0.25) is 9.59 Å². The van der Waals surface area contributed by atoms with Crippen LogP contribution in [-0.2, 0) is 9.53 Å². The number of ether oxygens (including phenoxy) is 1. The van der Waals surface area contributed by atoms with Gasteiger partial charge in [-0.25, -0.2) is 9.97 Å². The number of amides is 1. The van der Waals surface area contributed by atoms with Gasteiger partial charge in [0.1, 0.15) is 0 Å². The van der Waals surface area contributed by atoms with E-state index in [0.29, 0.717) is 5.95 Å². The number of hydrogen-bond acceptors (Lipinski definition) is 6. The highest BCUT2D eigenvalue weighted by atomic mass is 35.5. The van der Waals surface area contributed by atoms with Crippen LogP contribution in [0.1, 0.15) is 36.7 Å². The first-order valence-electron chi connectivity index (χ1n) is 7.16. The van der Waals surface area contributed by atoms with Gasteiger partial charge in [-0.15, -0.1) is 0 Å². The summed E-state index contributed by atoms with van der Waals surface area (Å²) >= 11 is 6.02. The number of esters is 1. The quantitative estimate of drug-likeness (QED) is 0.824. The number of carbonyl (C=O) groups is 2. The average Bonchev–Trinajstić information content (AvgIpc) is 3.01. The smallest absolute Gasteiger partial charge is 0.307 e. The minimum absolute atomic E-state index is 0.0872. The Morgan fingerprint density at radius 3 is 2.77 bits per heavy atom. The van der Waals surface area contributed by atoms with Crippen molar-refractivity contribution in [2.75, 3.05) is 25.1 Å². The van der Waals surface area contributed by atoms with E-state index in [2.05, 4.69) is 20.0 Å². The van der Waals surface area contributed by atoms with Crippen molar-refractivity contribution in [2.45, 2.75) is 32.2 Å². The number of aromatic nitrogens is 2. The van der Waals surface area contributed by atoms with Crippen molar-refractivity contribution >= 4 is 29.4 Å². The van der Waals surface area contributed by atoms with Gasteiger partial charge < -0.3 is 15.0 Å². The molecule has 1 saturated heterocycles. The van der Waals surface area contributed by atoms with E-state index in [1.165, 1.54) is 13.3 Å². The van der Waals surface area contributed by atoms with Gasteiger partial charge in [0, 0.05) is 19.1 Å². The van der Waals surface area contributed by atoms with Crippen molar-refractivity contribution in [2.24, 2.45) is 0 Å². The first-order valence-corrected chi connectivity index (χ1v) is 7.54. The standard InChI is InChI=1S/C14H19ClN4O3/c1-9(7-11(20)22-2)17-13(21)12-10(15)8-16-14(18-12)19-5-3-4-6-19/h8-9H,3-7H2,1-2H3,(H,17,21)/t9-/m1/s1. The molecule has 7 nitrogen and oxygen atoms in total. The SMILES string of the molecule is COC(=O)C[C@@H](C)NC(=O)c1nc(N2CCCC2)ncc1Cl. The van der Waals surface area contributed by atoms with Gasteiger partial charge in [-0.2, -0.15) is 0 Å². The molecular formula is C14H19ClN4O3. The molecule has 0 bridgehead atoms. The average molecular weight is 327 g/mol. The normalized spacial score (nSPS) is 15.5. The van der Waals surface area contributed by atoms with Crippen LogP contribution in [0, 0.1) is 0 Å². The fourth-order valence-corrected chi connectivity index (χ4v) is 2.44. The number of anilines is 1. The van der Waals surface area contributed by atoms with E-state index in [9.17, 15) is 9.59 Å². The first-order chi connectivity index (χ1) is 10.5.